The van der Waals surface area contributed by atoms with Crippen LogP contribution in [0.4, 0.5) is 0 Å². The quantitative estimate of drug-likeness (QED) is 0.734. The molecule has 0 radical (unpaired) electrons. The van der Waals surface area contributed by atoms with E-state index in [0.717, 1.165) is 16.8 Å². The monoisotopic (exact) mass is 242 g/mol. The summed E-state index contributed by atoms with van der Waals surface area (Å²) in [5.74, 6) is 0. The molecule has 0 spiro atoms. The van der Waals surface area contributed by atoms with Crippen molar-refractivity contribution in [1.29, 1.82) is 0 Å². The molecule has 0 aromatic carbocycles. The van der Waals surface area contributed by atoms with Gasteiger partial charge >= 0.3 is 0 Å². The van der Waals surface area contributed by atoms with Crippen molar-refractivity contribution in [3.8, 4) is 0 Å². The van der Waals surface area contributed by atoms with Crippen molar-refractivity contribution in [3.05, 3.63) is 48.3 Å². The summed E-state index contributed by atoms with van der Waals surface area (Å²) < 4.78 is 3.56. The van der Waals surface area contributed by atoms with Gasteiger partial charge in [-0.15, -0.1) is 0 Å². The molecule has 1 atom stereocenters. The highest BCUT2D eigenvalue weighted by Crippen LogP contribution is 2.19. The van der Waals surface area contributed by atoms with Crippen LogP contribution in [0.1, 0.15) is 17.3 Å². The van der Waals surface area contributed by atoms with E-state index in [0.29, 0.717) is 6.42 Å². The molecule has 92 valence electrons. The van der Waals surface area contributed by atoms with Crippen LogP contribution >= 0.6 is 0 Å². The Morgan fingerprint density at radius 2 is 2.22 bits per heavy atom. The van der Waals surface area contributed by atoms with Crippen LogP contribution in [0.3, 0.4) is 0 Å². The van der Waals surface area contributed by atoms with Crippen LogP contribution in [0.25, 0.3) is 5.52 Å². The van der Waals surface area contributed by atoms with Gasteiger partial charge in [-0.05, 0) is 6.07 Å². The topological polar surface area (TPSA) is 74.0 Å². The highest BCUT2D eigenvalue weighted by molar-refractivity contribution is 5.53. The number of nitrogens with two attached hydrogens (primary N) is 1. The molecule has 18 heavy (non-hydrogen) atoms. The Hall–Kier alpha value is -2.21. The Bertz CT molecular complexity index is 668. The Morgan fingerprint density at radius 1 is 1.33 bits per heavy atom. The van der Waals surface area contributed by atoms with E-state index >= 15 is 0 Å². The second-order valence-corrected chi connectivity index (χ2v) is 4.30. The van der Waals surface area contributed by atoms with Gasteiger partial charge in [0.25, 0.3) is 0 Å². The van der Waals surface area contributed by atoms with E-state index in [9.17, 15) is 0 Å². The normalized spacial score (nSPS) is 13.0. The van der Waals surface area contributed by atoms with Gasteiger partial charge in [0.1, 0.15) is 0 Å². The van der Waals surface area contributed by atoms with Gasteiger partial charge in [-0.2, -0.15) is 10.2 Å². The average molecular weight is 242 g/mol. The number of aryl methyl sites for hydroxylation is 1. The van der Waals surface area contributed by atoms with E-state index in [-0.39, 0.29) is 6.04 Å². The molecular formula is C12H14N6. The predicted molar refractivity (Wildman–Crippen MR) is 66.8 cm³/mol. The molecular weight excluding hydrogens is 228 g/mol. The lowest BCUT2D eigenvalue weighted by molar-refractivity contribution is 0.678. The summed E-state index contributed by atoms with van der Waals surface area (Å²) in [5, 5.41) is 8.59. The van der Waals surface area contributed by atoms with Gasteiger partial charge in [-0.3, -0.25) is 9.67 Å². The summed E-state index contributed by atoms with van der Waals surface area (Å²) >= 11 is 0. The summed E-state index contributed by atoms with van der Waals surface area (Å²) in [5.41, 5.74) is 9.14. The molecule has 3 heterocycles. The third-order valence-electron chi connectivity index (χ3n) is 2.95. The van der Waals surface area contributed by atoms with Crippen molar-refractivity contribution in [2.24, 2.45) is 12.8 Å². The molecule has 0 amide bonds. The largest absolute Gasteiger partial charge is 0.324 e. The van der Waals surface area contributed by atoms with E-state index < -0.39 is 0 Å². The Balaban J connectivity index is 1.90. The number of rotatable bonds is 3. The third-order valence-corrected chi connectivity index (χ3v) is 2.95. The first-order valence-corrected chi connectivity index (χ1v) is 5.75. The fourth-order valence-corrected chi connectivity index (χ4v) is 2.05. The van der Waals surface area contributed by atoms with Gasteiger partial charge < -0.3 is 5.73 Å². The molecule has 6 nitrogen and oxygen atoms in total. The van der Waals surface area contributed by atoms with E-state index in [1.807, 2.05) is 25.5 Å². The molecule has 0 aliphatic heterocycles. The average Bonchev–Trinajstić information content (AvgIpc) is 2.95. The van der Waals surface area contributed by atoms with Crippen LogP contribution in [0.2, 0.25) is 0 Å². The van der Waals surface area contributed by atoms with Crippen molar-refractivity contribution in [2.45, 2.75) is 12.5 Å². The summed E-state index contributed by atoms with van der Waals surface area (Å²) in [6.45, 7) is 0. The van der Waals surface area contributed by atoms with E-state index in [2.05, 4.69) is 15.2 Å². The second kappa shape index (κ2) is 4.23. The minimum atomic E-state index is -0.124. The Kier molecular flexibility index (Phi) is 2.56. The number of nitrogens with zero attached hydrogens (tertiary/aromatic N) is 5. The molecule has 3 aromatic heterocycles. The maximum Gasteiger partial charge on any atom is 0.0892 e. The van der Waals surface area contributed by atoms with Crippen molar-refractivity contribution in [3.63, 3.8) is 0 Å². The molecule has 0 fully saturated rings. The highest BCUT2D eigenvalue weighted by atomic mass is 15.2. The van der Waals surface area contributed by atoms with Gasteiger partial charge in [0.05, 0.1) is 23.6 Å². The van der Waals surface area contributed by atoms with Crippen LogP contribution < -0.4 is 5.73 Å². The van der Waals surface area contributed by atoms with Crippen LogP contribution in [-0.2, 0) is 13.5 Å². The van der Waals surface area contributed by atoms with Gasteiger partial charge in [0.2, 0.25) is 0 Å². The number of aromatic nitrogens is 5. The van der Waals surface area contributed by atoms with Crippen molar-refractivity contribution in [1.82, 2.24) is 24.4 Å². The molecule has 3 aromatic rings. The van der Waals surface area contributed by atoms with Crippen molar-refractivity contribution < 1.29 is 0 Å². The van der Waals surface area contributed by atoms with Crippen LogP contribution in [0.15, 0.2) is 37.1 Å². The van der Waals surface area contributed by atoms with Crippen LogP contribution in [0.5, 0.6) is 0 Å². The molecule has 6 heteroatoms. The first kappa shape index (κ1) is 10.9. The van der Waals surface area contributed by atoms with Crippen molar-refractivity contribution in [2.75, 3.05) is 0 Å². The Labute approximate surface area is 104 Å². The standard InChI is InChI=1S/C12H14N6/c1-17-4-2-9(16-17)6-11(13)10-7-15-18-5-3-14-8-12(10)18/h2-5,7-8,11H,6,13H2,1H3. The molecule has 0 bridgehead atoms. The van der Waals surface area contributed by atoms with E-state index in [4.69, 9.17) is 5.73 Å². The molecule has 1 unspecified atom stereocenters. The zero-order valence-corrected chi connectivity index (χ0v) is 10.1. The molecule has 3 rings (SSSR count). The summed E-state index contributed by atoms with van der Waals surface area (Å²) in [7, 11) is 1.90. The highest BCUT2D eigenvalue weighted by Gasteiger charge is 2.14. The van der Waals surface area contributed by atoms with Crippen LogP contribution in [0, 0.1) is 0 Å². The summed E-state index contributed by atoms with van der Waals surface area (Å²) in [4.78, 5) is 4.10. The zero-order valence-electron chi connectivity index (χ0n) is 10.1. The first-order chi connectivity index (χ1) is 8.74. The van der Waals surface area contributed by atoms with Crippen molar-refractivity contribution >= 4 is 5.52 Å². The fraction of sp³-hybridized carbons (Fsp3) is 0.250. The maximum atomic E-state index is 6.22. The molecule has 0 aliphatic rings. The lowest BCUT2D eigenvalue weighted by Crippen LogP contribution is -2.13. The molecule has 2 N–H and O–H groups in total. The second-order valence-electron chi connectivity index (χ2n) is 4.30. The molecule has 0 aliphatic carbocycles. The zero-order chi connectivity index (χ0) is 12.5. The lowest BCUT2D eigenvalue weighted by atomic mass is 10.1. The maximum absolute atomic E-state index is 6.22. The fourth-order valence-electron chi connectivity index (χ4n) is 2.05. The summed E-state index contributed by atoms with van der Waals surface area (Å²) in [6, 6.07) is 1.85. The SMILES string of the molecule is Cn1ccc(CC(N)c2cnn3ccncc23)n1. The van der Waals surface area contributed by atoms with Gasteiger partial charge in [0, 0.05) is 43.7 Å². The number of hydrogen-bond donors (Lipinski definition) is 1. The minimum absolute atomic E-state index is 0.124. The predicted octanol–water partition coefficient (Wildman–Crippen LogP) is 0.705. The third kappa shape index (κ3) is 1.86. The van der Waals surface area contributed by atoms with Gasteiger partial charge in [-0.1, -0.05) is 0 Å². The molecule has 0 saturated carbocycles. The lowest BCUT2D eigenvalue weighted by Gasteiger charge is -2.08. The van der Waals surface area contributed by atoms with Gasteiger partial charge in [0.15, 0.2) is 0 Å². The van der Waals surface area contributed by atoms with Gasteiger partial charge in [-0.25, -0.2) is 4.52 Å². The van der Waals surface area contributed by atoms with Crippen LogP contribution in [-0.4, -0.2) is 24.4 Å². The van der Waals surface area contributed by atoms with E-state index in [1.165, 1.54) is 0 Å². The first-order valence-electron chi connectivity index (χ1n) is 5.75. The number of fused-ring (bicyclic) bond motifs is 1. The minimum Gasteiger partial charge on any atom is -0.324 e. The number of hydrogen-bond acceptors (Lipinski definition) is 4. The Morgan fingerprint density at radius 3 is 3.00 bits per heavy atom. The summed E-state index contributed by atoms with van der Waals surface area (Å²) in [6.07, 6.45) is 9.70. The smallest absolute Gasteiger partial charge is 0.0892 e. The van der Waals surface area contributed by atoms with E-state index in [1.54, 1.807) is 27.8 Å². The molecule has 0 saturated heterocycles.